The van der Waals surface area contributed by atoms with Crippen molar-refractivity contribution in [3.05, 3.63) is 29.3 Å². The Morgan fingerprint density at radius 2 is 1.84 bits per heavy atom. The van der Waals surface area contributed by atoms with Gasteiger partial charge >= 0.3 is 0 Å². The van der Waals surface area contributed by atoms with Crippen LogP contribution in [0.3, 0.4) is 0 Å². The molecule has 0 unspecified atom stereocenters. The fourth-order valence-corrected chi connectivity index (χ4v) is 2.33. The van der Waals surface area contributed by atoms with Gasteiger partial charge in [-0.25, -0.2) is 0 Å². The van der Waals surface area contributed by atoms with Crippen LogP contribution in [0, 0.1) is 0 Å². The van der Waals surface area contributed by atoms with Crippen LogP contribution in [0.1, 0.15) is 19.4 Å². The van der Waals surface area contributed by atoms with Crippen LogP contribution in [0.15, 0.2) is 28.7 Å². The first-order valence-electron chi connectivity index (χ1n) is 6.25. The van der Waals surface area contributed by atoms with Crippen molar-refractivity contribution in [1.29, 1.82) is 0 Å². The molecule has 0 heterocycles. The van der Waals surface area contributed by atoms with E-state index in [1.54, 1.807) is 26.0 Å². The van der Waals surface area contributed by atoms with Crippen molar-refractivity contribution >= 4 is 11.8 Å². The molecule has 0 spiro atoms. The van der Waals surface area contributed by atoms with Gasteiger partial charge in [-0.3, -0.25) is 0 Å². The summed E-state index contributed by atoms with van der Waals surface area (Å²) in [5.41, 5.74) is 2.55. The molecule has 0 fully saturated rings. The van der Waals surface area contributed by atoms with E-state index in [1.165, 1.54) is 16.0 Å². The zero-order valence-corrected chi connectivity index (χ0v) is 13.2. The molecule has 0 saturated heterocycles. The molecular weight excluding hydrogens is 258 g/mol. The largest absolute Gasteiger partial charge is 0.493 e. The van der Waals surface area contributed by atoms with Gasteiger partial charge in [0.05, 0.1) is 14.2 Å². The highest BCUT2D eigenvalue weighted by molar-refractivity contribution is 7.98. The quantitative estimate of drug-likeness (QED) is 0.471. The van der Waals surface area contributed by atoms with E-state index < -0.39 is 0 Å². The summed E-state index contributed by atoms with van der Waals surface area (Å²) in [6.45, 7) is 5.90. The van der Waals surface area contributed by atoms with Crippen LogP contribution in [-0.4, -0.2) is 27.0 Å². The van der Waals surface area contributed by atoms with Crippen molar-refractivity contribution in [3.8, 4) is 11.5 Å². The second-order valence-electron chi connectivity index (χ2n) is 4.43. The molecular formula is C15H23NO2S. The predicted molar refractivity (Wildman–Crippen MR) is 82.5 cm³/mol. The highest BCUT2D eigenvalue weighted by atomic mass is 32.2. The summed E-state index contributed by atoms with van der Waals surface area (Å²) in [6.07, 6.45) is 4.25. The molecule has 1 rings (SSSR count). The summed E-state index contributed by atoms with van der Waals surface area (Å²) < 4.78 is 10.7. The summed E-state index contributed by atoms with van der Waals surface area (Å²) in [6, 6.07) is 4.07. The van der Waals surface area contributed by atoms with E-state index in [0.717, 1.165) is 24.6 Å². The molecule has 0 aliphatic carbocycles. The number of rotatable bonds is 7. The van der Waals surface area contributed by atoms with E-state index in [9.17, 15) is 0 Å². The second-order valence-corrected chi connectivity index (χ2v) is 5.28. The molecule has 3 nitrogen and oxygen atoms in total. The first kappa shape index (κ1) is 15.9. The molecule has 1 N–H and O–H groups in total. The van der Waals surface area contributed by atoms with Crippen molar-refractivity contribution in [2.45, 2.75) is 25.3 Å². The second kappa shape index (κ2) is 8.12. The number of thioether (sulfide) groups is 1. The van der Waals surface area contributed by atoms with E-state index in [4.69, 9.17) is 9.47 Å². The Morgan fingerprint density at radius 1 is 1.21 bits per heavy atom. The van der Waals surface area contributed by atoms with Gasteiger partial charge in [-0.1, -0.05) is 11.6 Å². The lowest BCUT2D eigenvalue weighted by molar-refractivity contribution is 0.353. The molecule has 106 valence electrons. The summed E-state index contributed by atoms with van der Waals surface area (Å²) in [5, 5.41) is 3.41. The zero-order chi connectivity index (χ0) is 14.3. The van der Waals surface area contributed by atoms with Crippen molar-refractivity contribution in [3.63, 3.8) is 0 Å². The number of nitrogens with one attached hydrogen (secondary N) is 1. The molecule has 0 saturated carbocycles. The lowest BCUT2D eigenvalue weighted by Gasteiger charge is -2.14. The van der Waals surface area contributed by atoms with Crippen molar-refractivity contribution in [2.24, 2.45) is 0 Å². The highest BCUT2D eigenvalue weighted by Crippen LogP contribution is 2.34. The summed E-state index contributed by atoms with van der Waals surface area (Å²) in [5.74, 6) is 1.55. The van der Waals surface area contributed by atoms with Crippen LogP contribution >= 0.6 is 11.8 Å². The van der Waals surface area contributed by atoms with Crippen LogP contribution < -0.4 is 14.8 Å². The first-order chi connectivity index (χ1) is 9.12. The van der Waals surface area contributed by atoms with Gasteiger partial charge in [-0.15, -0.1) is 11.8 Å². The number of allylic oxidation sites excluding steroid dienone is 1. The molecule has 1 aromatic rings. The third kappa shape index (κ3) is 4.80. The van der Waals surface area contributed by atoms with Crippen LogP contribution in [0.5, 0.6) is 11.5 Å². The van der Waals surface area contributed by atoms with Gasteiger partial charge < -0.3 is 14.8 Å². The zero-order valence-electron chi connectivity index (χ0n) is 12.4. The van der Waals surface area contributed by atoms with Crippen molar-refractivity contribution in [2.75, 3.05) is 27.0 Å². The fraction of sp³-hybridized carbons (Fsp3) is 0.467. The minimum atomic E-state index is 0.777. The van der Waals surface area contributed by atoms with E-state index in [2.05, 4.69) is 31.5 Å². The van der Waals surface area contributed by atoms with Gasteiger partial charge in [0.25, 0.3) is 0 Å². The van der Waals surface area contributed by atoms with Crippen LogP contribution in [0.4, 0.5) is 0 Å². The first-order valence-corrected chi connectivity index (χ1v) is 7.47. The standard InChI is InChI=1S/C15H23NO2S/c1-11(2)6-7-16-10-12-8-13(17-3)14(18-4)9-15(12)19-5/h6,8-9,16H,7,10H2,1-5H3. The minimum absolute atomic E-state index is 0.777. The lowest BCUT2D eigenvalue weighted by atomic mass is 10.2. The van der Waals surface area contributed by atoms with E-state index in [-0.39, 0.29) is 0 Å². The van der Waals surface area contributed by atoms with Gasteiger partial charge in [0.1, 0.15) is 0 Å². The predicted octanol–water partition coefficient (Wildman–Crippen LogP) is 3.48. The maximum atomic E-state index is 5.35. The minimum Gasteiger partial charge on any atom is -0.493 e. The Balaban J connectivity index is 2.83. The Kier molecular flexibility index (Phi) is 6.81. The molecule has 4 heteroatoms. The van der Waals surface area contributed by atoms with Gasteiger partial charge in [0.2, 0.25) is 0 Å². The monoisotopic (exact) mass is 281 g/mol. The molecule has 0 aliphatic heterocycles. The summed E-state index contributed by atoms with van der Waals surface area (Å²) in [7, 11) is 3.33. The molecule has 19 heavy (non-hydrogen) atoms. The fourth-order valence-electron chi connectivity index (χ4n) is 1.71. The Morgan fingerprint density at radius 3 is 2.37 bits per heavy atom. The third-order valence-electron chi connectivity index (χ3n) is 2.76. The number of benzene rings is 1. The highest BCUT2D eigenvalue weighted by Gasteiger charge is 2.10. The molecule has 0 bridgehead atoms. The molecule has 0 radical (unpaired) electrons. The SMILES string of the molecule is COc1cc(CNCC=C(C)C)c(SC)cc1OC. The van der Waals surface area contributed by atoms with Crippen LogP contribution in [0.25, 0.3) is 0 Å². The van der Waals surface area contributed by atoms with Crippen molar-refractivity contribution < 1.29 is 9.47 Å². The van der Waals surface area contributed by atoms with Gasteiger partial charge in [0, 0.05) is 18.0 Å². The van der Waals surface area contributed by atoms with E-state index in [0.29, 0.717) is 0 Å². The Labute approximate surface area is 120 Å². The topological polar surface area (TPSA) is 30.5 Å². The number of hydrogen-bond donors (Lipinski definition) is 1. The molecule has 0 aliphatic rings. The summed E-state index contributed by atoms with van der Waals surface area (Å²) >= 11 is 1.72. The molecule has 0 aromatic heterocycles. The third-order valence-corrected chi connectivity index (χ3v) is 3.58. The van der Waals surface area contributed by atoms with E-state index >= 15 is 0 Å². The number of methoxy groups -OCH3 is 2. The molecule has 0 atom stereocenters. The number of ether oxygens (including phenoxy) is 2. The Hall–Kier alpha value is -1.13. The van der Waals surface area contributed by atoms with Gasteiger partial charge in [-0.05, 0) is 37.8 Å². The average molecular weight is 281 g/mol. The molecule has 0 amide bonds. The Bertz CT molecular complexity index is 440. The van der Waals surface area contributed by atoms with Crippen molar-refractivity contribution in [1.82, 2.24) is 5.32 Å². The van der Waals surface area contributed by atoms with Gasteiger partial charge in [0.15, 0.2) is 11.5 Å². The van der Waals surface area contributed by atoms with E-state index in [1.807, 2.05) is 12.1 Å². The smallest absolute Gasteiger partial charge is 0.161 e. The average Bonchev–Trinajstić information content (AvgIpc) is 2.42. The van der Waals surface area contributed by atoms with Crippen LogP contribution in [0.2, 0.25) is 0 Å². The lowest BCUT2D eigenvalue weighted by Crippen LogP contribution is -2.14. The van der Waals surface area contributed by atoms with Crippen LogP contribution in [-0.2, 0) is 6.54 Å². The maximum absolute atomic E-state index is 5.35. The molecule has 1 aromatic carbocycles. The maximum Gasteiger partial charge on any atom is 0.161 e. The van der Waals surface area contributed by atoms with Gasteiger partial charge in [-0.2, -0.15) is 0 Å². The number of hydrogen-bond acceptors (Lipinski definition) is 4. The normalized spacial score (nSPS) is 10.2. The summed E-state index contributed by atoms with van der Waals surface area (Å²) in [4.78, 5) is 1.21.